The van der Waals surface area contributed by atoms with Crippen molar-refractivity contribution in [2.24, 2.45) is 0 Å². The Labute approximate surface area is 126 Å². The molecule has 2 aromatic rings. The van der Waals surface area contributed by atoms with E-state index in [1.807, 2.05) is 6.07 Å². The van der Waals surface area contributed by atoms with Gasteiger partial charge in [0.2, 0.25) is 0 Å². The second-order valence-electron chi connectivity index (χ2n) is 5.06. The number of halogens is 3. The molecule has 2 aromatic carbocycles. The smallest absolute Gasteiger partial charge is 0.396 e. The molecule has 0 radical (unpaired) electrons. The third-order valence-electron chi connectivity index (χ3n) is 3.21. The van der Waals surface area contributed by atoms with Crippen LogP contribution < -0.4 is 0 Å². The number of esters is 1. The Balaban J connectivity index is 2.24. The Morgan fingerprint density at radius 3 is 2.32 bits per heavy atom. The number of hydrogen-bond acceptors (Lipinski definition) is 2. The van der Waals surface area contributed by atoms with Crippen LogP contribution in [0, 0.1) is 5.82 Å². The molecule has 0 amide bonds. The SMILES string of the molecule is CC(C(=O)OC(C)(F)F)c1ccc(-c2ccccc2)c(F)c1. The van der Waals surface area contributed by atoms with Gasteiger partial charge in [0.25, 0.3) is 0 Å². The fourth-order valence-corrected chi connectivity index (χ4v) is 2.05. The fourth-order valence-electron chi connectivity index (χ4n) is 2.05. The molecule has 0 spiro atoms. The molecule has 0 bridgehead atoms. The highest BCUT2D eigenvalue weighted by atomic mass is 19.3. The highest BCUT2D eigenvalue weighted by molar-refractivity contribution is 5.78. The molecule has 0 saturated carbocycles. The van der Waals surface area contributed by atoms with Gasteiger partial charge in [-0.1, -0.05) is 42.5 Å². The maximum atomic E-state index is 14.2. The van der Waals surface area contributed by atoms with E-state index in [1.165, 1.54) is 25.1 Å². The normalized spacial score (nSPS) is 12.8. The van der Waals surface area contributed by atoms with E-state index in [1.54, 1.807) is 24.3 Å². The van der Waals surface area contributed by atoms with Gasteiger partial charge in [-0.15, -0.1) is 0 Å². The van der Waals surface area contributed by atoms with Crippen LogP contribution in [0.15, 0.2) is 48.5 Å². The maximum Gasteiger partial charge on any atom is 0.396 e. The van der Waals surface area contributed by atoms with Crippen LogP contribution in [-0.2, 0) is 9.53 Å². The van der Waals surface area contributed by atoms with E-state index in [9.17, 15) is 18.0 Å². The molecular weight excluding hydrogens is 293 g/mol. The Hall–Kier alpha value is -2.30. The van der Waals surface area contributed by atoms with Gasteiger partial charge in [-0.2, -0.15) is 8.78 Å². The lowest BCUT2D eigenvalue weighted by atomic mass is 9.97. The molecule has 0 heterocycles. The molecule has 0 fully saturated rings. The van der Waals surface area contributed by atoms with Gasteiger partial charge in [0, 0.05) is 12.5 Å². The minimum Gasteiger partial charge on any atom is -0.401 e. The molecule has 5 heteroatoms. The monoisotopic (exact) mass is 308 g/mol. The van der Waals surface area contributed by atoms with Crippen molar-refractivity contribution in [2.45, 2.75) is 25.9 Å². The summed E-state index contributed by atoms with van der Waals surface area (Å²) in [6, 6.07) is 13.1. The minimum atomic E-state index is -3.55. The number of carbonyl (C=O) groups is 1. The second-order valence-corrected chi connectivity index (χ2v) is 5.06. The van der Waals surface area contributed by atoms with Crippen molar-refractivity contribution in [1.29, 1.82) is 0 Å². The quantitative estimate of drug-likeness (QED) is 0.762. The van der Waals surface area contributed by atoms with Gasteiger partial charge in [0.1, 0.15) is 5.82 Å². The zero-order valence-corrected chi connectivity index (χ0v) is 12.1. The molecule has 2 rings (SSSR count). The highest BCUT2D eigenvalue weighted by Crippen LogP contribution is 2.28. The Morgan fingerprint density at radius 1 is 1.14 bits per heavy atom. The number of ether oxygens (including phenoxy) is 1. The molecule has 0 aromatic heterocycles. The van der Waals surface area contributed by atoms with Crippen molar-refractivity contribution in [3.8, 4) is 11.1 Å². The third kappa shape index (κ3) is 3.87. The Bertz CT molecular complexity index is 663. The van der Waals surface area contributed by atoms with Crippen LogP contribution in [0.2, 0.25) is 0 Å². The third-order valence-corrected chi connectivity index (χ3v) is 3.21. The zero-order chi connectivity index (χ0) is 16.3. The number of rotatable bonds is 4. The van der Waals surface area contributed by atoms with E-state index >= 15 is 0 Å². The summed E-state index contributed by atoms with van der Waals surface area (Å²) in [4.78, 5) is 11.6. The van der Waals surface area contributed by atoms with Crippen LogP contribution in [0.4, 0.5) is 13.2 Å². The lowest BCUT2D eigenvalue weighted by Gasteiger charge is -2.16. The van der Waals surface area contributed by atoms with Gasteiger partial charge in [-0.25, -0.2) is 4.39 Å². The highest BCUT2D eigenvalue weighted by Gasteiger charge is 2.30. The van der Waals surface area contributed by atoms with Crippen LogP contribution in [0.3, 0.4) is 0 Å². The maximum absolute atomic E-state index is 14.2. The summed E-state index contributed by atoms with van der Waals surface area (Å²) >= 11 is 0. The molecule has 0 aliphatic rings. The summed E-state index contributed by atoms with van der Waals surface area (Å²) in [5.74, 6) is -2.60. The standard InChI is InChI=1S/C17H15F3O2/c1-11(16(21)22-17(2,19)20)13-8-9-14(15(18)10-13)12-6-4-3-5-7-12/h3-11H,1-2H3. The first-order chi connectivity index (χ1) is 10.3. The van der Waals surface area contributed by atoms with Crippen molar-refractivity contribution in [1.82, 2.24) is 0 Å². The van der Waals surface area contributed by atoms with Gasteiger partial charge in [-0.05, 0) is 24.1 Å². The van der Waals surface area contributed by atoms with Crippen molar-refractivity contribution in [3.05, 3.63) is 59.9 Å². The van der Waals surface area contributed by atoms with Gasteiger partial charge >= 0.3 is 12.1 Å². The van der Waals surface area contributed by atoms with E-state index in [0.29, 0.717) is 18.1 Å². The molecule has 116 valence electrons. The van der Waals surface area contributed by atoms with Gasteiger partial charge in [0.15, 0.2) is 0 Å². The molecule has 22 heavy (non-hydrogen) atoms. The predicted molar refractivity (Wildman–Crippen MR) is 77.0 cm³/mol. The summed E-state index contributed by atoms with van der Waals surface area (Å²) in [5.41, 5.74) is 1.36. The minimum absolute atomic E-state index is 0.284. The fraction of sp³-hybridized carbons (Fsp3) is 0.235. The molecule has 1 unspecified atom stereocenters. The topological polar surface area (TPSA) is 26.3 Å². The number of hydrogen-bond donors (Lipinski definition) is 0. The van der Waals surface area contributed by atoms with E-state index in [4.69, 9.17) is 0 Å². The molecule has 0 aliphatic heterocycles. The van der Waals surface area contributed by atoms with Gasteiger partial charge < -0.3 is 4.74 Å². The van der Waals surface area contributed by atoms with E-state index in [0.717, 1.165) is 0 Å². The van der Waals surface area contributed by atoms with E-state index in [-0.39, 0.29) is 5.56 Å². The van der Waals surface area contributed by atoms with Crippen LogP contribution in [0.25, 0.3) is 11.1 Å². The van der Waals surface area contributed by atoms with Crippen LogP contribution >= 0.6 is 0 Å². The van der Waals surface area contributed by atoms with E-state index < -0.39 is 23.8 Å². The van der Waals surface area contributed by atoms with Crippen LogP contribution in [-0.4, -0.2) is 12.1 Å². The number of carbonyl (C=O) groups excluding carboxylic acids is 1. The molecule has 1 atom stereocenters. The van der Waals surface area contributed by atoms with Crippen molar-refractivity contribution < 1.29 is 22.7 Å². The first kappa shape index (κ1) is 16.1. The van der Waals surface area contributed by atoms with Crippen molar-refractivity contribution in [3.63, 3.8) is 0 Å². The van der Waals surface area contributed by atoms with E-state index in [2.05, 4.69) is 4.74 Å². The average Bonchev–Trinajstić information content (AvgIpc) is 2.45. The summed E-state index contributed by atoms with van der Waals surface area (Å²) in [6.45, 7) is 1.88. The lowest BCUT2D eigenvalue weighted by molar-refractivity contribution is -0.223. The van der Waals surface area contributed by atoms with Gasteiger partial charge in [0.05, 0.1) is 5.92 Å². The predicted octanol–water partition coefficient (Wildman–Crippen LogP) is 4.75. The largest absolute Gasteiger partial charge is 0.401 e. The summed E-state index contributed by atoms with van der Waals surface area (Å²) in [5, 5.41) is 0. The molecule has 0 saturated heterocycles. The van der Waals surface area contributed by atoms with Gasteiger partial charge in [-0.3, -0.25) is 4.79 Å². The lowest BCUT2D eigenvalue weighted by Crippen LogP contribution is -2.24. The first-order valence-corrected chi connectivity index (χ1v) is 6.73. The summed E-state index contributed by atoms with van der Waals surface area (Å²) < 4.78 is 43.6. The summed E-state index contributed by atoms with van der Waals surface area (Å²) in [6.07, 6.45) is -3.55. The van der Waals surface area contributed by atoms with Crippen LogP contribution in [0.5, 0.6) is 0 Å². The van der Waals surface area contributed by atoms with Crippen molar-refractivity contribution >= 4 is 5.97 Å². The Morgan fingerprint density at radius 2 is 1.77 bits per heavy atom. The number of benzene rings is 2. The average molecular weight is 308 g/mol. The Kier molecular flexibility index (Phi) is 4.54. The van der Waals surface area contributed by atoms with Crippen molar-refractivity contribution in [2.75, 3.05) is 0 Å². The molecule has 0 aliphatic carbocycles. The molecule has 0 N–H and O–H groups in total. The zero-order valence-electron chi connectivity index (χ0n) is 12.1. The second kappa shape index (κ2) is 6.22. The molecular formula is C17H15F3O2. The summed E-state index contributed by atoms with van der Waals surface area (Å²) in [7, 11) is 0. The first-order valence-electron chi connectivity index (χ1n) is 6.73. The molecule has 2 nitrogen and oxygen atoms in total. The number of alkyl halides is 2. The van der Waals surface area contributed by atoms with Crippen LogP contribution in [0.1, 0.15) is 25.3 Å².